The van der Waals surface area contributed by atoms with Crippen molar-refractivity contribution in [2.24, 2.45) is 0 Å². The standard InChI is InChI=1S/C45H33N3S/c1-4-13-29(14-5-1)42-46-43(30-15-6-2-7-16-30)48-44(47-42)32-22-24-40-37(27-32)36-19-12-18-33(41(36)49-40)31-21-23-35-34-17-8-9-20-38(34)45(39(35)28-31)25-10-3-11-26-45/h1-2,4-9,12-24,27-28H,3,10-11,25-26H2. The van der Waals surface area contributed by atoms with Gasteiger partial charge in [-0.1, -0.05) is 135 Å². The van der Waals surface area contributed by atoms with Gasteiger partial charge in [0.25, 0.3) is 0 Å². The van der Waals surface area contributed by atoms with E-state index in [1.54, 1.807) is 5.56 Å². The highest BCUT2D eigenvalue weighted by atomic mass is 32.1. The Morgan fingerprint density at radius 3 is 1.78 bits per heavy atom. The predicted molar refractivity (Wildman–Crippen MR) is 204 cm³/mol. The normalized spacial score (nSPS) is 14.7. The van der Waals surface area contributed by atoms with Crippen LogP contribution in [0.1, 0.15) is 43.2 Å². The Labute approximate surface area is 290 Å². The first kappa shape index (κ1) is 28.6. The molecule has 0 radical (unpaired) electrons. The summed E-state index contributed by atoms with van der Waals surface area (Å²) >= 11 is 1.88. The van der Waals surface area contributed by atoms with Gasteiger partial charge in [-0.2, -0.15) is 0 Å². The first-order valence-corrected chi connectivity index (χ1v) is 18.1. The highest BCUT2D eigenvalue weighted by Crippen LogP contribution is 2.56. The molecule has 0 unspecified atom stereocenters. The Morgan fingerprint density at radius 1 is 0.429 bits per heavy atom. The van der Waals surface area contributed by atoms with Gasteiger partial charge in [0, 0.05) is 42.3 Å². The lowest BCUT2D eigenvalue weighted by atomic mass is 9.67. The van der Waals surface area contributed by atoms with E-state index in [0.29, 0.717) is 17.5 Å². The quantitative estimate of drug-likeness (QED) is 0.191. The van der Waals surface area contributed by atoms with Crippen molar-refractivity contribution in [3.63, 3.8) is 0 Å². The van der Waals surface area contributed by atoms with Gasteiger partial charge in [0.15, 0.2) is 17.5 Å². The number of thiophene rings is 1. The summed E-state index contributed by atoms with van der Waals surface area (Å²) in [6.45, 7) is 0. The third-order valence-electron chi connectivity index (χ3n) is 10.7. The van der Waals surface area contributed by atoms with E-state index in [1.807, 2.05) is 47.7 Å². The molecule has 10 rings (SSSR count). The summed E-state index contributed by atoms with van der Waals surface area (Å²) in [4.78, 5) is 14.9. The van der Waals surface area contributed by atoms with Gasteiger partial charge in [0.1, 0.15) is 0 Å². The van der Waals surface area contributed by atoms with E-state index in [0.717, 1.165) is 16.7 Å². The number of hydrogen-bond donors (Lipinski definition) is 0. The van der Waals surface area contributed by atoms with Gasteiger partial charge in [0.2, 0.25) is 0 Å². The molecule has 0 saturated heterocycles. The lowest BCUT2D eigenvalue weighted by Gasteiger charge is -2.36. The molecule has 234 valence electrons. The average Bonchev–Trinajstić information content (AvgIpc) is 3.68. The number of fused-ring (bicyclic) bond motifs is 8. The predicted octanol–water partition coefficient (Wildman–Crippen LogP) is 12.1. The fourth-order valence-electron chi connectivity index (χ4n) is 8.42. The number of hydrogen-bond acceptors (Lipinski definition) is 4. The van der Waals surface area contributed by atoms with E-state index < -0.39 is 0 Å². The largest absolute Gasteiger partial charge is 0.208 e. The Morgan fingerprint density at radius 2 is 1.04 bits per heavy atom. The van der Waals surface area contributed by atoms with Gasteiger partial charge < -0.3 is 0 Å². The second-order valence-electron chi connectivity index (χ2n) is 13.5. The number of nitrogens with zero attached hydrogens (tertiary/aromatic N) is 3. The smallest absolute Gasteiger partial charge is 0.164 e. The summed E-state index contributed by atoms with van der Waals surface area (Å²) < 4.78 is 2.59. The van der Waals surface area contributed by atoms with Gasteiger partial charge in [-0.15, -0.1) is 11.3 Å². The van der Waals surface area contributed by atoms with Crippen molar-refractivity contribution in [1.82, 2.24) is 15.0 Å². The third kappa shape index (κ3) is 4.58. The summed E-state index contributed by atoms with van der Waals surface area (Å²) in [7, 11) is 0. The third-order valence-corrected chi connectivity index (χ3v) is 12.0. The summed E-state index contributed by atoms with van der Waals surface area (Å²) in [6.07, 6.45) is 6.42. The molecule has 0 atom stereocenters. The second-order valence-corrected chi connectivity index (χ2v) is 14.5. The molecule has 49 heavy (non-hydrogen) atoms. The van der Waals surface area contributed by atoms with Crippen molar-refractivity contribution in [2.75, 3.05) is 0 Å². The number of benzene rings is 6. The molecular weight excluding hydrogens is 615 g/mol. The van der Waals surface area contributed by atoms with Crippen LogP contribution in [0.5, 0.6) is 0 Å². The van der Waals surface area contributed by atoms with Gasteiger partial charge in [0.05, 0.1) is 0 Å². The van der Waals surface area contributed by atoms with Crippen LogP contribution in [0.15, 0.2) is 140 Å². The zero-order valence-corrected chi connectivity index (χ0v) is 27.9. The maximum atomic E-state index is 5.01. The Hall–Kier alpha value is -5.45. The molecule has 0 N–H and O–H groups in total. The van der Waals surface area contributed by atoms with Crippen molar-refractivity contribution < 1.29 is 0 Å². The minimum absolute atomic E-state index is 0.144. The Bertz CT molecular complexity index is 2470. The molecule has 0 amide bonds. The molecule has 1 saturated carbocycles. The molecule has 3 nitrogen and oxygen atoms in total. The molecule has 8 aromatic rings. The lowest BCUT2D eigenvalue weighted by Crippen LogP contribution is -2.28. The molecule has 1 spiro atoms. The van der Waals surface area contributed by atoms with Crippen LogP contribution in [0.25, 0.3) is 76.6 Å². The van der Waals surface area contributed by atoms with Crippen molar-refractivity contribution in [2.45, 2.75) is 37.5 Å². The van der Waals surface area contributed by atoms with E-state index in [-0.39, 0.29) is 5.41 Å². The topological polar surface area (TPSA) is 38.7 Å². The van der Waals surface area contributed by atoms with Crippen LogP contribution in [0, 0.1) is 0 Å². The van der Waals surface area contributed by atoms with Crippen LogP contribution in [-0.4, -0.2) is 15.0 Å². The van der Waals surface area contributed by atoms with Gasteiger partial charge in [-0.25, -0.2) is 15.0 Å². The van der Waals surface area contributed by atoms with Crippen LogP contribution in [0.3, 0.4) is 0 Å². The second kappa shape index (κ2) is 11.3. The lowest BCUT2D eigenvalue weighted by molar-refractivity contribution is 0.353. The van der Waals surface area contributed by atoms with Gasteiger partial charge in [-0.05, 0) is 70.5 Å². The molecule has 6 aromatic carbocycles. The zero-order valence-electron chi connectivity index (χ0n) is 27.1. The Kier molecular flexibility index (Phi) is 6.60. The molecule has 2 aliphatic carbocycles. The van der Waals surface area contributed by atoms with Crippen molar-refractivity contribution >= 4 is 31.5 Å². The minimum atomic E-state index is 0.144. The van der Waals surface area contributed by atoms with Crippen LogP contribution in [0.4, 0.5) is 0 Å². The fraction of sp³-hybridized carbons (Fsp3) is 0.133. The van der Waals surface area contributed by atoms with Crippen LogP contribution in [-0.2, 0) is 5.41 Å². The molecule has 1 fully saturated rings. The van der Waals surface area contributed by atoms with Crippen molar-refractivity contribution in [3.05, 3.63) is 151 Å². The highest BCUT2D eigenvalue weighted by Gasteiger charge is 2.43. The van der Waals surface area contributed by atoms with Crippen molar-refractivity contribution in [1.29, 1.82) is 0 Å². The van der Waals surface area contributed by atoms with Crippen LogP contribution >= 0.6 is 11.3 Å². The maximum absolute atomic E-state index is 5.01. The molecule has 0 aliphatic heterocycles. The molecule has 0 bridgehead atoms. The van der Waals surface area contributed by atoms with E-state index in [4.69, 9.17) is 15.0 Å². The molecular formula is C45H33N3S. The van der Waals surface area contributed by atoms with Gasteiger partial charge in [-0.3, -0.25) is 0 Å². The van der Waals surface area contributed by atoms with Crippen LogP contribution in [0.2, 0.25) is 0 Å². The zero-order chi connectivity index (χ0) is 32.4. The van der Waals surface area contributed by atoms with Crippen LogP contribution < -0.4 is 0 Å². The van der Waals surface area contributed by atoms with Crippen molar-refractivity contribution in [3.8, 4) is 56.4 Å². The fourth-order valence-corrected chi connectivity index (χ4v) is 9.64. The summed E-state index contributed by atoms with van der Waals surface area (Å²) in [5.74, 6) is 2.04. The first-order valence-electron chi connectivity index (χ1n) is 17.3. The van der Waals surface area contributed by atoms with E-state index >= 15 is 0 Å². The molecule has 4 heteroatoms. The first-order chi connectivity index (χ1) is 24.2. The average molecular weight is 648 g/mol. The van der Waals surface area contributed by atoms with E-state index in [1.165, 1.54) is 80.1 Å². The maximum Gasteiger partial charge on any atom is 0.164 e. The molecule has 2 aliphatic rings. The number of rotatable bonds is 4. The Balaban J connectivity index is 1.11. The molecule has 2 heterocycles. The minimum Gasteiger partial charge on any atom is -0.208 e. The number of aromatic nitrogens is 3. The van der Waals surface area contributed by atoms with Gasteiger partial charge >= 0.3 is 0 Å². The summed E-state index contributed by atoms with van der Waals surface area (Å²) in [5, 5.41) is 2.51. The summed E-state index contributed by atoms with van der Waals surface area (Å²) in [6, 6.07) is 50.3. The summed E-state index contributed by atoms with van der Waals surface area (Å²) in [5.41, 5.74) is 11.6. The highest BCUT2D eigenvalue weighted by molar-refractivity contribution is 7.26. The SMILES string of the molecule is c1ccc(-c2nc(-c3ccccc3)nc(-c3ccc4sc5c(-c6ccc7c(c6)C6(CCCCC6)c6ccccc6-7)cccc5c4c3)n2)cc1. The monoisotopic (exact) mass is 647 g/mol. The van der Waals surface area contributed by atoms with E-state index in [2.05, 4.69) is 103 Å². The van der Waals surface area contributed by atoms with E-state index in [9.17, 15) is 0 Å². The molecule has 2 aromatic heterocycles.